The molecule has 3 fully saturated rings. The van der Waals surface area contributed by atoms with E-state index in [-0.39, 0.29) is 30.7 Å². The van der Waals surface area contributed by atoms with Crippen molar-refractivity contribution < 1.29 is 23.8 Å². The third-order valence-corrected chi connectivity index (χ3v) is 5.09. The average Bonchev–Trinajstić information content (AvgIpc) is 3.14. The number of carbonyl (C=O) groups excluding carboxylic acids is 2. The molecule has 4 rings (SSSR count). The predicted molar refractivity (Wildman–Crippen MR) is 76.9 cm³/mol. The van der Waals surface area contributed by atoms with Crippen molar-refractivity contribution in [2.45, 2.75) is 31.0 Å². The van der Waals surface area contributed by atoms with Crippen molar-refractivity contribution in [1.29, 1.82) is 0 Å². The van der Waals surface area contributed by atoms with Crippen LogP contribution in [-0.2, 0) is 20.7 Å². The van der Waals surface area contributed by atoms with Gasteiger partial charge in [-0.25, -0.2) is 4.39 Å². The van der Waals surface area contributed by atoms with Crippen LogP contribution < -0.4 is 0 Å². The van der Waals surface area contributed by atoms with Gasteiger partial charge >= 0.3 is 0 Å². The standard InChI is InChI=1S/C16H17FN2O4/c17-11-7-10(1-2-12(11)20)8-14(21)18-4-3-16-13(18)9-15(22)19(16)5-6-23-16/h1-2,7,13,20H,3-6,8-9H2/t13-,16+/m1/s1. The number of halogens is 1. The lowest BCUT2D eigenvalue weighted by molar-refractivity contribution is -0.139. The molecule has 3 heterocycles. The van der Waals surface area contributed by atoms with Crippen LogP contribution in [0, 0.1) is 5.82 Å². The summed E-state index contributed by atoms with van der Waals surface area (Å²) in [6.45, 7) is 1.63. The molecule has 1 aromatic rings. The van der Waals surface area contributed by atoms with Crippen LogP contribution in [0.1, 0.15) is 18.4 Å². The molecule has 2 amide bonds. The Morgan fingerprint density at radius 2 is 2.26 bits per heavy atom. The monoisotopic (exact) mass is 320 g/mol. The highest BCUT2D eigenvalue weighted by Gasteiger charge is 2.62. The number of benzene rings is 1. The van der Waals surface area contributed by atoms with Crippen LogP contribution in [-0.4, -0.2) is 58.2 Å². The molecule has 6 nitrogen and oxygen atoms in total. The number of phenols is 1. The van der Waals surface area contributed by atoms with Crippen molar-refractivity contribution in [3.63, 3.8) is 0 Å². The van der Waals surface area contributed by atoms with E-state index < -0.39 is 17.3 Å². The van der Waals surface area contributed by atoms with Crippen molar-refractivity contribution >= 4 is 11.8 Å². The van der Waals surface area contributed by atoms with Gasteiger partial charge in [-0.3, -0.25) is 9.59 Å². The second-order valence-electron chi connectivity index (χ2n) is 6.26. The van der Waals surface area contributed by atoms with E-state index >= 15 is 0 Å². The molecule has 0 aliphatic carbocycles. The Bertz CT molecular complexity index is 695. The van der Waals surface area contributed by atoms with Gasteiger partial charge in [0.05, 0.1) is 25.5 Å². The molecule has 0 bridgehead atoms. The normalized spacial score (nSPS) is 29.1. The number of nitrogens with zero attached hydrogens (tertiary/aromatic N) is 2. The highest BCUT2D eigenvalue weighted by atomic mass is 19.1. The Hall–Kier alpha value is -2.15. The van der Waals surface area contributed by atoms with Crippen LogP contribution in [0.15, 0.2) is 18.2 Å². The van der Waals surface area contributed by atoms with Gasteiger partial charge in [-0.2, -0.15) is 0 Å². The van der Waals surface area contributed by atoms with Gasteiger partial charge in [-0.15, -0.1) is 0 Å². The molecule has 0 unspecified atom stereocenters. The van der Waals surface area contributed by atoms with Crippen molar-refractivity contribution in [1.82, 2.24) is 9.80 Å². The van der Waals surface area contributed by atoms with Crippen LogP contribution in [0.2, 0.25) is 0 Å². The van der Waals surface area contributed by atoms with Crippen LogP contribution in [0.25, 0.3) is 0 Å². The summed E-state index contributed by atoms with van der Waals surface area (Å²) >= 11 is 0. The predicted octanol–water partition coefficient (Wildman–Crippen LogP) is 0.633. The first-order chi connectivity index (χ1) is 11.0. The van der Waals surface area contributed by atoms with Gasteiger partial charge in [0.2, 0.25) is 11.8 Å². The topological polar surface area (TPSA) is 70.1 Å². The van der Waals surface area contributed by atoms with Gasteiger partial charge in [-0.1, -0.05) is 6.07 Å². The zero-order valence-corrected chi connectivity index (χ0v) is 12.5. The Labute approximate surface area is 132 Å². The lowest BCUT2D eigenvalue weighted by Crippen LogP contribution is -2.49. The maximum Gasteiger partial charge on any atom is 0.227 e. The fraction of sp³-hybridized carbons (Fsp3) is 0.500. The maximum atomic E-state index is 13.4. The Balaban J connectivity index is 1.53. The number of phenolic OH excluding ortho intramolecular Hbond substituents is 1. The van der Waals surface area contributed by atoms with E-state index in [0.717, 1.165) is 6.07 Å². The zero-order chi connectivity index (χ0) is 16.2. The first kappa shape index (κ1) is 14.4. The average molecular weight is 320 g/mol. The summed E-state index contributed by atoms with van der Waals surface area (Å²) in [4.78, 5) is 28.1. The van der Waals surface area contributed by atoms with E-state index in [1.807, 2.05) is 0 Å². The lowest BCUT2D eigenvalue weighted by atomic mass is 10.1. The van der Waals surface area contributed by atoms with Gasteiger partial charge in [0.15, 0.2) is 17.3 Å². The minimum Gasteiger partial charge on any atom is -0.505 e. The Morgan fingerprint density at radius 1 is 1.43 bits per heavy atom. The summed E-state index contributed by atoms with van der Waals surface area (Å²) < 4.78 is 19.2. The summed E-state index contributed by atoms with van der Waals surface area (Å²) in [5.41, 5.74) is -0.146. The second-order valence-corrected chi connectivity index (χ2v) is 6.26. The van der Waals surface area contributed by atoms with Crippen molar-refractivity contribution in [3.05, 3.63) is 29.6 Å². The number of rotatable bonds is 2. The molecule has 3 saturated heterocycles. The summed E-state index contributed by atoms with van der Waals surface area (Å²) in [6.07, 6.45) is 0.951. The van der Waals surface area contributed by atoms with Crippen LogP contribution in [0.4, 0.5) is 4.39 Å². The third-order valence-electron chi connectivity index (χ3n) is 5.09. The number of aromatic hydroxyl groups is 1. The molecule has 23 heavy (non-hydrogen) atoms. The molecular formula is C16H17FN2O4. The maximum absolute atomic E-state index is 13.4. The molecule has 3 aliphatic rings. The molecule has 3 aliphatic heterocycles. The SMILES string of the molecule is O=C(Cc1ccc(O)c(F)c1)N1CC[C@@]23OCCN2C(=O)C[C@@H]13. The number of carbonyl (C=O) groups is 2. The molecule has 1 aromatic carbocycles. The van der Waals surface area contributed by atoms with Crippen LogP contribution in [0.3, 0.4) is 0 Å². The molecule has 2 atom stereocenters. The van der Waals surface area contributed by atoms with Gasteiger partial charge in [-0.05, 0) is 17.7 Å². The molecule has 122 valence electrons. The molecule has 0 saturated carbocycles. The summed E-state index contributed by atoms with van der Waals surface area (Å²) in [5, 5.41) is 9.21. The third kappa shape index (κ3) is 2.03. The molecule has 0 radical (unpaired) electrons. The number of hydrogen-bond acceptors (Lipinski definition) is 4. The molecule has 1 spiro atoms. The number of hydrogen-bond donors (Lipinski definition) is 1. The fourth-order valence-corrected chi connectivity index (χ4v) is 4.03. The minimum atomic E-state index is -0.741. The molecule has 7 heteroatoms. The minimum absolute atomic E-state index is 0.0284. The quantitative estimate of drug-likeness (QED) is 0.868. The van der Waals surface area contributed by atoms with E-state index in [9.17, 15) is 19.1 Å². The molecule has 1 N–H and O–H groups in total. The van der Waals surface area contributed by atoms with Crippen LogP contribution in [0.5, 0.6) is 5.75 Å². The van der Waals surface area contributed by atoms with Gasteiger partial charge < -0.3 is 19.6 Å². The van der Waals surface area contributed by atoms with E-state index in [1.165, 1.54) is 12.1 Å². The smallest absolute Gasteiger partial charge is 0.227 e. The van der Waals surface area contributed by atoms with Crippen molar-refractivity contribution in [2.24, 2.45) is 0 Å². The largest absolute Gasteiger partial charge is 0.505 e. The number of ether oxygens (including phenoxy) is 1. The lowest BCUT2D eigenvalue weighted by Gasteiger charge is -2.31. The summed E-state index contributed by atoms with van der Waals surface area (Å²) in [7, 11) is 0. The number of likely N-dealkylation sites (tertiary alicyclic amines) is 1. The highest BCUT2D eigenvalue weighted by molar-refractivity contribution is 5.85. The zero-order valence-electron chi connectivity index (χ0n) is 12.5. The van der Waals surface area contributed by atoms with Crippen molar-refractivity contribution in [2.75, 3.05) is 19.7 Å². The first-order valence-corrected chi connectivity index (χ1v) is 7.72. The Morgan fingerprint density at radius 3 is 3.04 bits per heavy atom. The highest BCUT2D eigenvalue weighted by Crippen LogP contribution is 2.45. The van der Waals surface area contributed by atoms with Crippen LogP contribution >= 0.6 is 0 Å². The summed E-state index contributed by atoms with van der Waals surface area (Å²) in [6, 6.07) is 3.68. The first-order valence-electron chi connectivity index (χ1n) is 7.72. The van der Waals surface area contributed by atoms with E-state index in [2.05, 4.69) is 0 Å². The molecule has 0 aromatic heterocycles. The summed E-state index contributed by atoms with van der Waals surface area (Å²) in [5.74, 6) is -1.30. The fourth-order valence-electron chi connectivity index (χ4n) is 4.03. The molecular weight excluding hydrogens is 303 g/mol. The van der Waals surface area contributed by atoms with E-state index in [4.69, 9.17) is 4.74 Å². The van der Waals surface area contributed by atoms with Gasteiger partial charge in [0, 0.05) is 19.5 Å². The Kier molecular flexibility index (Phi) is 3.09. The van der Waals surface area contributed by atoms with E-state index in [0.29, 0.717) is 31.7 Å². The van der Waals surface area contributed by atoms with Gasteiger partial charge in [0.1, 0.15) is 0 Å². The van der Waals surface area contributed by atoms with Crippen molar-refractivity contribution in [3.8, 4) is 5.75 Å². The number of amides is 2. The van der Waals surface area contributed by atoms with E-state index in [1.54, 1.807) is 9.80 Å². The second kappa shape index (κ2) is 4.92. The van der Waals surface area contributed by atoms with Gasteiger partial charge in [0.25, 0.3) is 0 Å².